The first kappa shape index (κ1) is 22.3. The van der Waals surface area contributed by atoms with Crippen LogP contribution < -0.4 is 16.4 Å². The van der Waals surface area contributed by atoms with Crippen LogP contribution >= 0.6 is 0 Å². The minimum atomic E-state index is -1.59. The monoisotopic (exact) mass is 361 g/mol. The van der Waals surface area contributed by atoms with Crippen LogP contribution in [0.2, 0.25) is 0 Å². The molecule has 0 aromatic heterocycles. The molecule has 11 heteroatoms. The Morgan fingerprint density at radius 2 is 1.44 bits per heavy atom. The second-order valence-electron chi connectivity index (χ2n) is 5.57. The van der Waals surface area contributed by atoms with Crippen molar-refractivity contribution in [2.45, 2.75) is 51.2 Å². The summed E-state index contributed by atoms with van der Waals surface area (Å²) in [5.41, 5.74) is 5.35. The van der Waals surface area contributed by atoms with E-state index in [-0.39, 0.29) is 0 Å². The fourth-order valence-corrected chi connectivity index (χ4v) is 1.88. The van der Waals surface area contributed by atoms with Crippen LogP contribution in [-0.4, -0.2) is 63.2 Å². The fourth-order valence-electron chi connectivity index (χ4n) is 1.88. The van der Waals surface area contributed by atoms with E-state index < -0.39 is 66.6 Å². The zero-order valence-electron chi connectivity index (χ0n) is 13.9. The summed E-state index contributed by atoms with van der Waals surface area (Å²) in [6.07, 6.45) is -1.08. The minimum absolute atomic E-state index is 0.433. The Hall–Kier alpha value is -2.69. The van der Waals surface area contributed by atoms with Crippen molar-refractivity contribution >= 4 is 29.7 Å². The quantitative estimate of drug-likeness (QED) is 0.250. The number of nitrogens with one attached hydrogen (secondary N) is 2. The van der Waals surface area contributed by atoms with Gasteiger partial charge in [0.2, 0.25) is 11.8 Å². The first-order valence-corrected chi connectivity index (χ1v) is 7.52. The van der Waals surface area contributed by atoms with Gasteiger partial charge in [0.1, 0.15) is 12.1 Å². The smallest absolute Gasteiger partial charge is 0.326 e. The van der Waals surface area contributed by atoms with Crippen LogP contribution in [0.25, 0.3) is 0 Å². The van der Waals surface area contributed by atoms with Gasteiger partial charge < -0.3 is 31.7 Å². The molecule has 0 aliphatic rings. The Morgan fingerprint density at radius 3 is 1.84 bits per heavy atom. The number of aliphatic carboxylic acids is 3. The Balaban J connectivity index is 5.14. The third-order valence-corrected chi connectivity index (χ3v) is 3.52. The van der Waals surface area contributed by atoms with Crippen molar-refractivity contribution in [3.05, 3.63) is 0 Å². The average Bonchev–Trinajstić information content (AvgIpc) is 2.49. The van der Waals surface area contributed by atoms with Gasteiger partial charge in [-0.25, -0.2) is 4.79 Å². The predicted octanol–water partition coefficient (Wildman–Crippen LogP) is -1.64. The number of hydrogen-bond donors (Lipinski definition) is 6. The zero-order chi connectivity index (χ0) is 19.7. The van der Waals surface area contributed by atoms with Crippen LogP contribution in [0.5, 0.6) is 0 Å². The number of rotatable bonds is 11. The fraction of sp³-hybridized carbons (Fsp3) is 0.643. The summed E-state index contributed by atoms with van der Waals surface area (Å²) < 4.78 is 0. The molecule has 0 bridgehead atoms. The van der Waals surface area contributed by atoms with E-state index in [1.54, 1.807) is 13.8 Å². The first-order valence-electron chi connectivity index (χ1n) is 7.52. The molecule has 0 spiro atoms. The number of carboxylic acid groups (broad SMARTS) is 3. The molecule has 25 heavy (non-hydrogen) atoms. The second kappa shape index (κ2) is 10.2. The van der Waals surface area contributed by atoms with E-state index >= 15 is 0 Å². The lowest BCUT2D eigenvalue weighted by atomic mass is 9.98. The van der Waals surface area contributed by atoms with Crippen LogP contribution in [0.1, 0.15) is 33.1 Å². The molecule has 0 rings (SSSR count). The van der Waals surface area contributed by atoms with Gasteiger partial charge in [-0.05, 0) is 5.92 Å². The van der Waals surface area contributed by atoms with Crippen LogP contribution in [-0.2, 0) is 24.0 Å². The van der Waals surface area contributed by atoms with Crippen molar-refractivity contribution in [2.75, 3.05) is 0 Å². The third kappa shape index (κ3) is 8.11. The highest BCUT2D eigenvalue weighted by atomic mass is 16.4. The van der Waals surface area contributed by atoms with Gasteiger partial charge in [-0.2, -0.15) is 0 Å². The van der Waals surface area contributed by atoms with E-state index in [1.165, 1.54) is 0 Å². The standard InChI is InChI=1S/C14H23N3O8/c1-3-6(2)11(14(24)25)17-13(23)8(5-10(20)21)16-12(22)7(15)4-9(18)19/h6-8,11H,3-5,15H2,1-2H3,(H,16,22)(H,17,23)(H,18,19)(H,20,21)(H,24,25). The maximum atomic E-state index is 12.2. The van der Waals surface area contributed by atoms with Gasteiger partial charge in [0.15, 0.2) is 0 Å². The van der Waals surface area contributed by atoms with Gasteiger partial charge in [-0.1, -0.05) is 20.3 Å². The molecule has 0 aliphatic heterocycles. The van der Waals surface area contributed by atoms with Crippen LogP contribution in [0.3, 0.4) is 0 Å². The van der Waals surface area contributed by atoms with Crippen LogP contribution in [0.15, 0.2) is 0 Å². The molecule has 2 amide bonds. The Morgan fingerprint density at radius 1 is 0.920 bits per heavy atom. The zero-order valence-corrected chi connectivity index (χ0v) is 13.9. The molecular formula is C14H23N3O8. The first-order chi connectivity index (χ1) is 11.5. The maximum absolute atomic E-state index is 12.2. The number of amides is 2. The summed E-state index contributed by atoms with van der Waals surface area (Å²) in [7, 11) is 0. The molecule has 0 heterocycles. The largest absolute Gasteiger partial charge is 0.481 e. The molecular weight excluding hydrogens is 338 g/mol. The molecule has 4 unspecified atom stereocenters. The molecule has 0 aliphatic carbocycles. The normalized spacial score (nSPS) is 15.3. The lowest BCUT2D eigenvalue weighted by Gasteiger charge is -2.24. The highest BCUT2D eigenvalue weighted by Gasteiger charge is 2.31. The Kier molecular flexibility index (Phi) is 9.13. The number of hydrogen-bond acceptors (Lipinski definition) is 6. The highest BCUT2D eigenvalue weighted by Crippen LogP contribution is 2.09. The van der Waals surface area contributed by atoms with Crippen LogP contribution in [0, 0.1) is 5.92 Å². The van der Waals surface area contributed by atoms with E-state index in [1.807, 2.05) is 5.32 Å². The van der Waals surface area contributed by atoms with Crippen molar-refractivity contribution in [2.24, 2.45) is 11.7 Å². The van der Waals surface area contributed by atoms with E-state index in [0.717, 1.165) is 0 Å². The molecule has 7 N–H and O–H groups in total. The topological polar surface area (TPSA) is 196 Å². The van der Waals surface area contributed by atoms with Crippen LogP contribution in [0.4, 0.5) is 0 Å². The lowest BCUT2D eigenvalue weighted by Crippen LogP contribution is -2.56. The molecule has 4 atom stereocenters. The summed E-state index contributed by atoms with van der Waals surface area (Å²) in [6.45, 7) is 3.31. The molecule has 0 saturated carbocycles. The van der Waals surface area contributed by atoms with Crippen molar-refractivity contribution in [1.29, 1.82) is 0 Å². The molecule has 0 radical (unpaired) electrons. The van der Waals surface area contributed by atoms with Crippen molar-refractivity contribution in [1.82, 2.24) is 10.6 Å². The minimum Gasteiger partial charge on any atom is -0.481 e. The molecule has 0 aromatic rings. The van der Waals surface area contributed by atoms with E-state index in [0.29, 0.717) is 6.42 Å². The third-order valence-electron chi connectivity index (χ3n) is 3.52. The lowest BCUT2D eigenvalue weighted by molar-refractivity contribution is -0.145. The molecule has 0 aromatic carbocycles. The number of nitrogens with two attached hydrogens (primary N) is 1. The second-order valence-corrected chi connectivity index (χ2v) is 5.57. The number of carboxylic acids is 3. The van der Waals surface area contributed by atoms with Crippen molar-refractivity contribution < 1.29 is 39.3 Å². The summed E-state index contributed by atoms with van der Waals surface area (Å²) in [6, 6.07) is -4.33. The van der Waals surface area contributed by atoms with Gasteiger partial charge in [0, 0.05) is 0 Å². The van der Waals surface area contributed by atoms with E-state index in [4.69, 9.17) is 21.1 Å². The van der Waals surface area contributed by atoms with Gasteiger partial charge >= 0.3 is 17.9 Å². The summed E-state index contributed by atoms with van der Waals surface area (Å²) >= 11 is 0. The highest BCUT2D eigenvalue weighted by molar-refractivity contribution is 5.94. The van der Waals surface area contributed by atoms with Gasteiger partial charge in [-0.15, -0.1) is 0 Å². The van der Waals surface area contributed by atoms with Crippen molar-refractivity contribution in [3.8, 4) is 0 Å². The number of carbonyl (C=O) groups is 5. The SMILES string of the molecule is CCC(C)C(NC(=O)C(CC(=O)O)NC(=O)C(N)CC(=O)O)C(=O)O. The molecule has 0 fully saturated rings. The summed E-state index contributed by atoms with van der Waals surface area (Å²) in [5, 5.41) is 30.8. The van der Waals surface area contributed by atoms with E-state index in [9.17, 15) is 24.0 Å². The summed E-state index contributed by atoms with van der Waals surface area (Å²) in [4.78, 5) is 56.6. The number of carbonyl (C=O) groups excluding carboxylic acids is 2. The van der Waals surface area contributed by atoms with Gasteiger partial charge in [0.25, 0.3) is 0 Å². The molecule has 142 valence electrons. The summed E-state index contributed by atoms with van der Waals surface area (Å²) in [5.74, 6) is -6.53. The van der Waals surface area contributed by atoms with E-state index in [2.05, 4.69) is 5.32 Å². The Bertz CT molecular complexity index is 536. The van der Waals surface area contributed by atoms with Gasteiger partial charge in [-0.3, -0.25) is 19.2 Å². The predicted molar refractivity (Wildman–Crippen MR) is 83.4 cm³/mol. The molecule has 0 saturated heterocycles. The van der Waals surface area contributed by atoms with Gasteiger partial charge in [0.05, 0.1) is 18.9 Å². The molecule has 11 nitrogen and oxygen atoms in total. The van der Waals surface area contributed by atoms with Crippen molar-refractivity contribution in [3.63, 3.8) is 0 Å². The maximum Gasteiger partial charge on any atom is 0.326 e. The Labute approximate surface area is 143 Å². The average molecular weight is 361 g/mol.